The number of anilines is 3. The first-order valence-corrected chi connectivity index (χ1v) is 13.2. The Morgan fingerprint density at radius 1 is 1.25 bits per heavy atom. The molecule has 10 heteroatoms. The standard InChI is InChI=1S/C30H31ClN6O3/c1-4-39-28-16-25-23(15-26(28)36-29(38)9-7-13-37(2)3)30(20(17-32)18-34-25)35-21-10-11-27(24(31)14-21)40-19-22-8-5-6-12-33-22/h5-11,14-16,18,33H,4,12-13,19H2,1-3H3,(H,34,35)(H,36,38)/b9-7+. The number of allylic oxidation sites excluding steroid dienone is 2. The van der Waals surface area contributed by atoms with Gasteiger partial charge in [0, 0.05) is 48.2 Å². The second kappa shape index (κ2) is 13.5. The fraction of sp³-hybridized carbons (Fsp3) is 0.233. The summed E-state index contributed by atoms with van der Waals surface area (Å²) in [6.45, 7) is 4.03. The molecule has 3 aromatic rings. The maximum atomic E-state index is 12.6. The molecule has 2 heterocycles. The van der Waals surface area contributed by atoms with Crippen LogP contribution in [0, 0.1) is 11.3 Å². The number of nitriles is 1. The van der Waals surface area contributed by atoms with Crippen LogP contribution in [0.4, 0.5) is 17.1 Å². The minimum Gasteiger partial charge on any atom is -0.492 e. The normalized spacial score (nSPS) is 12.7. The SMILES string of the molecule is CCOc1cc2ncc(C#N)c(Nc3ccc(OCC4=CC=CCN4)c(Cl)c3)c2cc1NC(=O)/C=C/CN(C)C. The van der Waals surface area contributed by atoms with Gasteiger partial charge in [0.25, 0.3) is 0 Å². The van der Waals surface area contributed by atoms with Crippen molar-refractivity contribution in [3.8, 4) is 17.6 Å². The van der Waals surface area contributed by atoms with E-state index in [4.69, 9.17) is 21.1 Å². The first-order valence-electron chi connectivity index (χ1n) is 12.8. The average molecular weight is 559 g/mol. The van der Waals surface area contributed by atoms with Crippen LogP contribution in [0.2, 0.25) is 5.02 Å². The van der Waals surface area contributed by atoms with Crippen LogP contribution in [0.5, 0.6) is 11.5 Å². The third-order valence-electron chi connectivity index (χ3n) is 5.85. The van der Waals surface area contributed by atoms with Crippen LogP contribution in [-0.2, 0) is 4.79 Å². The second-order valence-electron chi connectivity index (χ2n) is 9.17. The molecule has 1 aliphatic heterocycles. The number of fused-ring (bicyclic) bond motifs is 1. The Bertz CT molecular complexity index is 1520. The quantitative estimate of drug-likeness (QED) is 0.269. The molecule has 9 nitrogen and oxygen atoms in total. The maximum absolute atomic E-state index is 12.6. The number of rotatable bonds is 11. The lowest BCUT2D eigenvalue weighted by molar-refractivity contribution is -0.111. The van der Waals surface area contributed by atoms with E-state index < -0.39 is 0 Å². The molecule has 0 unspecified atom stereocenters. The molecule has 2 aromatic carbocycles. The van der Waals surface area contributed by atoms with E-state index in [-0.39, 0.29) is 5.91 Å². The fourth-order valence-corrected chi connectivity index (χ4v) is 4.19. The summed E-state index contributed by atoms with van der Waals surface area (Å²) in [6, 6.07) is 11.0. The molecule has 0 fully saturated rings. The largest absolute Gasteiger partial charge is 0.492 e. The maximum Gasteiger partial charge on any atom is 0.248 e. The van der Waals surface area contributed by atoms with Crippen molar-refractivity contribution in [2.75, 3.05) is 51.0 Å². The van der Waals surface area contributed by atoms with E-state index in [1.54, 1.807) is 30.3 Å². The van der Waals surface area contributed by atoms with Crippen LogP contribution in [0.3, 0.4) is 0 Å². The van der Waals surface area contributed by atoms with Gasteiger partial charge in [0.2, 0.25) is 5.91 Å². The Hall–Kier alpha value is -4.52. The Morgan fingerprint density at radius 2 is 2.10 bits per heavy atom. The lowest BCUT2D eigenvalue weighted by atomic mass is 10.1. The van der Waals surface area contributed by atoms with Gasteiger partial charge in [0.15, 0.2) is 0 Å². The van der Waals surface area contributed by atoms with E-state index in [1.165, 1.54) is 12.3 Å². The van der Waals surface area contributed by atoms with Gasteiger partial charge in [-0.3, -0.25) is 9.78 Å². The van der Waals surface area contributed by atoms with Crippen LogP contribution in [0.1, 0.15) is 12.5 Å². The van der Waals surface area contributed by atoms with Crippen LogP contribution < -0.4 is 25.4 Å². The first-order chi connectivity index (χ1) is 19.4. The smallest absolute Gasteiger partial charge is 0.248 e. The molecule has 0 aliphatic carbocycles. The zero-order chi connectivity index (χ0) is 28.5. The van der Waals surface area contributed by atoms with Crippen molar-refractivity contribution in [3.05, 3.63) is 83.2 Å². The number of dihydropyridines is 1. The Kier molecular flexibility index (Phi) is 9.62. The summed E-state index contributed by atoms with van der Waals surface area (Å²) in [5, 5.41) is 20.3. The highest BCUT2D eigenvalue weighted by Gasteiger charge is 2.16. The highest BCUT2D eigenvalue weighted by molar-refractivity contribution is 6.32. The van der Waals surface area contributed by atoms with Gasteiger partial charge in [-0.1, -0.05) is 29.8 Å². The van der Waals surface area contributed by atoms with Gasteiger partial charge in [-0.05, 0) is 51.4 Å². The molecule has 0 atom stereocenters. The van der Waals surface area contributed by atoms with E-state index in [1.807, 2.05) is 50.2 Å². The molecule has 0 spiro atoms. The molecule has 0 radical (unpaired) electrons. The molecule has 0 saturated carbocycles. The summed E-state index contributed by atoms with van der Waals surface area (Å²) in [5.41, 5.74) is 3.55. The van der Waals surface area contributed by atoms with Gasteiger partial charge >= 0.3 is 0 Å². The van der Waals surface area contributed by atoms with Gasteiger partial charge in [-0.25, -0.2) is 0 Å². The summed E-state index contributed by atoms with van der Waals surface area (Å²) >= 11 is 6.53. The number of carbonyl (C=O) groups is 1. The van der Waals surface area contributed by atoms with Gasteiger partial charge < -0.3 is 30.3 Å². The summed E-state index contributed by atoms with van der Waals surface area (Å²) in [4.78, 5) is 19.0. The van der Waals surface area contributed by atoms with Gasteiger partial charge in [0.1, 0.15) is 24.2 Å². The third-order valence-corrected chi connectivity index (χ3v) is 6.15. The van der Waals surface area contributed by atoms with E-state index in [2.05, 4.69) is 27.0 Å². The van der Waals surface area contributed by atoms with Crippen LogP contribution in [0.25, 0.3) is 10.9 Å². The molecular formula is C30H31ClN6O3. The lowest BCUT2D eigenvalue weighted by Gasteiger charge is -2.17. The van der Waals surface area contributed by atoms with E-state index in [0.29, 0.717) is 69.8 Å². The van der Waals surface area contributed by atoms with Crippen molar-refractivity contribution in [1.29, 1.82) is 5.26 Å². The number of pyridine rings is 1. The molecule has 0 bridgehead atoms. The number of nitrogens with one attached hydrogen (secondary N) is 3. The predicted octanol–water partition coefficient (Wildman–Crippen LogP) is 5.38. The second-order valence-corrected chi connectivity index (χ2v) is 9.58. The number of halogens is 1. The van der Waals surface area contributed by atoms with Crippen LogP contribution in [-0.4, -0.2) is 56.2 Å². The van der Waals surface area contributed by atoms with Crippen molar-refractivity contribution >= 4 is 45.5 Å². The molecule has 0 saturated heterocycles. The summed E-state index contributed by atoms with van der Waals surface area (Å²) < 4.78 is 11.7. The lowest BCUT2D eigenvalue weighted by Crippen LogP contribution is -2.20. The molecule has 3 N–H and O–H groups in total. The minimum atomic E-state index is -0.293. The van der Waals surface area contributed by atoms with Crippen LogP contribution in [0.15, 0.2) is 72.6 Å². The van der Waals surface area contributed by atoms with Crippen molar-refractivity contribution in [1.82, 2.24) is 15.2 Å². The van der Waals surface area contributed by atoms with Crippen LogP contribution >= 0.6 is 11.6 Å². The molecule has 40 heavy (non-hydrogen) atoms. The summed E-state index contributed by atoms with van der Waals surface area (Å²) in [6.07, 6.45) is 10.7. The number of ether oxygens (including phenoxy) is 2. The number of likely N-dealkylation sites (N-methyl/N-ethyl adjacent to an activating group) is 1. The zero-order valence-corrected chi connectivity index (χ0v) is 23.4. The topological polar surface area (TPSA) is 112 Å². The third kappa shape index (κ3) is 7.32. The number of amides is 1. The number of nitrogens with zero attached hydrogens (tertiary/aromatic N) is 3. The van der Waals surface area contributed by atoms with Crippen molar-refractivity contribution in [2.45, 2.75) is 6.92 Å². The summed E-state index contributed by atoms with van der Waals surface area (Å²) in [7, 11) is 3.84. The zero-order valence-electron chi connectivity index (χ0n) is 22.6. The number of carbonyl (C=O) groups excluding carboxylic acids is 1. The molecule has 4 rings (SSSR count). The predicted molar refractivity (Wildman–Crippen MR) is 159 cm³/mol. The minimum absolute atomic E-state index is 0.293. The number of benzene rings is 2. The first kappa shape index (κ1) is 28.5. The van der Waals surface area contributed by atoms with Crippen molar-refractivity contribution in [2.24, 2.45) is 0 Å². The Morgan fingerprint density at radius 3 is 2.80 bits per heavy atom. The molecule has 1 amide bonds. The number of hydrogen-bond acceptors (Lipinski definition) is 8. The molecule has 1 aromatic heterocycles. The van der Waals surface area contributed by atoms with E-state index in [9.17, 15) is 10.1 Å². The monoisotopic (exact) mass is 558 g/mol. The molecular weight excluding hydrogens is 528 g/mol. The van der Waals surface area contributed by atoms with Crippen molar-refractivity contribution < 1.29 is 14.3 Å². The van der Waals surface area contributed by atoms with E-state index >= 15 is 0 Å². The molecule has 1 aliphatic rings. The van der Waals surface area contributed by atoms with Gasteiger partial charge in [-0.2, -0.15) is 5.26 Å². The highest BCUT2D eigenvalue weighted by atomic mass is 35.5. The molecule has 206 valence electrons. The van der Waals surface area contributed by atoms with E-state index in [0.717, 1.165) is 12.2 Å². The average Bonchev–Trinajstić information content (AvgIpc) is 2.94. The van der Waals surface area contributed by atoms with Gasteiger partial charge in [0.05, 0.1) is 34.1 Å². The van der Waals surface area contributed by atoms with Crippen molar-refractivity contribution in [3.63, 3.8) is 0 Å². The Labute approximate surface area is 238 Å². The number of aromatic nitrogens is 1. The number of hydrogen-bond donors (Lipinski definition) is 3. The Balaban J connectivity index is 1.63. The fourth-order valence-electron chi connectivity index (χ4n) is 3.95. The highest BCUT2D eigenvalue weighted by Crippen LogP contribution is 2.37. The van der Waals surface area contributed by atoms with Gasteiger partial charge in [-0.15, -0.1) is 0 Å². The summed E-state index contributed by atoms with van der Waals surface area (Å²) in [5.74, 6) is 0.729.